The van der Waals surface area contributed by atoms with Gasteiger partial charge >= 0.3 is 11.7 Å². The summed E-state index contributed by atoms with van der Waals surface area (Å²) in [6, 6.07) is 0. The molecule has 11 heteroatoms. The molecule has 110 valence electrons. The van der Waals surface area contributed by atoms with Crippen molar-refractivity contribution in [1.29, 1.82) is 0 Å². The van der Waals surface area contributed by atoms with Gasteiger partial charge in [0.05, 0.1) is 0 Å². The second-order valence-electron chi connectivity index (χ2n) is 4.09. The van der Waals surface area contributed by atoms with Crippen molar-refractivity contribution in [3.05, 3.63) is 22.2 Å². The fraction of sp³-hybridized carbons (Fsp3) is 0.444. The van der Waals surface area contributed by atoms with Gasteiger partial charge < -0.3 is 31.0 Å². The average molecular weight is 288 g/mol. The molecule has 7 N–H and O–H groups in total. The van der Waals surface area contributed by atoms with Crippen molar-refractivity contribution in [3.8, 4) is 0 Å². The number of aliphatic hydroxyl groups excluding tert-OH is 2. The van der Waals surface area contributed by atoms with Crippen LogP contribution in [0.4, 0.5) is 5.82 Å². The fourth-order valence-corrected chi connectivity index (χ4v) is 1.82. The van der Waals surface area contributed by atoms with Gasteiger partial charge in [0, 0.05) is 6.20 Å². The van der Waals surface area contributed by atoms with E-state index in [1.807, 2.05) is 0 Å². The van der Waals surface area contributed by atoms with Crippen LogP contribution in [0, 0.1) is 0 Å². The van der Waals surface area contributed by atoms with Crippen molar-refractivity contribution < 1.29 is 30.1 Å². The molecule has 1 fully saturated rings. The van der Waals surface area contributed by atoms with E-state index in [1.54, 1.807) is 5.48 Å². The molecule has 0 aliphatic carbocycles. The lowest BCUT2D eigenvalue weighted by Gasteiger charge is -2.17. The zero-order chi connectivity index (χ0) is 15.0. The van der Waals surface area contributed by atoms with Gasteiger partial charge in [-0.05, 0) is 0 Å². The topological polar surface area (TPSA) is 180 Å². The van der Waals surface area contributed by atoms with E-state index in [1.165, 1.54) is 0 Å². The first-order valence-electron chi connectivity index (χ1n) is 5.40. The van der Waals surface area contributed by atoms with E-state index < -0.39 is 47.7 Å². The van der Waals surface area contributed by atoms with E-state index in [9.17, 15) is 19.8 Å². The quantitative estimate of drug-likeness (QED) is 0.315. The molecular formula is C9H12N4O7. The first-order valence-corrected chi connectivity index (χ1v) is 5.40. The Morgan fingerprint density at radius 1 is 1.45 bits per heavy atom. The third kappa shape index (κ3) is 2.23. The van der Waals surface area contributed by atoms with Gasteiger partial charge in [-0.2, -0.15) is 10.5 Å². The van der Waals surface area contributed by atoms with Crippen LogP contribution in [0.25, 0.3) is 0 Å². The van der Waals surface area contributed by atoms with Crippen LogP contribution in [0.15, 0.2) is 11.0 Å². The van der Waals surface area contributed by atoms with E-state index in [0.717, 1.165) is 6.20 Å². The Morgan fingerprint density at radius 2 is 2.10 bits per heavy atom. The number of carboxylic acids is 1. The van der Waals surface area contributed by atoms with E-state index >= 15 is 0 Å². The number of hydrogen-bond donors (Lipinski definition) is 6. The van der Waals surface area contributed by atoms with E-state index in [4.69, 9.17) is 20.8 Å². The summed E-state index contributed by atoms with van der Waals surface area (Å²) in [6.45, 7) is 0. The normalized spacial score (nSPS) is 29.6. The molecule has 11 nitrogen and oxygen atoms in total. The molecule has 0 spiro atoms. The number of aromatic carboxylic acids is 1. The predicted octanol–water partition coefficient (Wildman–Crippen LogP) is -2.92. The van der Waals surface area contributed by atoms with Crippen LogP contribution in [0.5, 0.6) is 0 Å². The van der Waals surface area contributed by atoms with Crippen molar-refractivity contribution >= 4 is 11.8 Å². The number of nitrogens with two attached hydrogens (primary N) is 1. The number of ether oxygens (including phenoxy) is 1. The van der Waals surface area contributed by atoms with Crippen LogP contribution in [0.2, 0.25) is 0 Å². The van der Waals surface area contributed by atoms with Gasteiger partial charge in [0.1, 0.15) is 23.6 Å². The summed E-state index contributed by atoms with van der Waals surface area (Å²) in [5, 5.41) is 36.9. The third-order valence-corrected chi connectivity index (χ3v) is 2.85. The van der Waals surface area contributed by atoms with Gasteiger partial charge in [-0.15, -0.1) is 0 Å². The standard InChI is InChI=1S/C9H12N4O7/c10-5-2(8(16)17)1-13(9(18)11-5)7-4(15)3(14)6(12-19)20-7/h1,3-4,6-7,12,14-15,19H,(H,16,17)(H2,10,11,18)/t3-,4+,6-,7+/m0/s1. The minimum absolute atomic E-state index is 0.463. The molecule has 0 radical (unpaired) electrons. The molecule has 1 aliphatic rings. The van der Waals surface area contributed by atoms with Crippen LogP contribution in [0.1, 0.15) is 16.6 Å². The number of carbonyl (C=O) groups is 1. The highest BCUT2D eigenvalue weighted by Gasteiger charge is 2.44. The summed E-state index contributed by atoms with van der Waals surface area (Å²) in [5.41, 5.74) is 5.47. The average Bonchev–Trinajstić information content (AvgIpc) is 2.66. The summed E-state index contributed by atoms with van der Waals surface area (Å²) in [6.07, 6.45) is -5.03. The van der Waals surface area contributed by atoms with Crippen molar-refractivity contribution in [2.24, 2.45) is 0 Å². The van der Waals surface area contributed by atoms with E-state index in [0.29, 0.717) is 4.57 Å². The fourth-order valence-electron chi connectivity index (χ4n) is 1.82. The second-order valence-corrected chi connectivity index (χ2v) is 4.09. The Balaban J connectivity index is 2.46. The van der Waals surface area contributed by atoms with E-state index in [-0.39, 0.29) is 0 Å². The highest BCUT2D eigenvalue weighted by atomic mass is 16.6. The lowest BCUT2D eigenvalue weighted by molar-refractivity contribution is -0.0974. The van der Waals surface area contributed by atoms with Crippen LogP contribution < -0.4 is 16.9 Å². The largest absolute Gasteiger partial charge is 0.478 e. The zero-order valence-corrected chi connectivity index (χ0v) is 9.87. The molecule has 1 saturated heterocycles. The molecule has 0 saturated carbocycles. The van der Waals surface area contributed by atoms with Crippen molar-refractivity contribution in [3.63, 3.8) is 0 Å². The smallest absolute Gasteiger partial charge is 0.351 e. The number of nitrogen functional groups attached to an aromatic ring is 1. The number of rotatable bonds is 3. The number of anilines is 1. The molecular weight excluding hydrogens is 276 g/mol. The van der Waals surface area contributed by atoms with Gasteiger partial charge in [-0.3, -0.25) is 4.57 Å². The summed E-state index contributed by atoms with van der Waals surface area (Å²) in [4.78, 5) is 25.9. The number of carboxylic acid groups (broad SMARTS) is 1. The molecule has 1 aromatic heterocycles. The number of hydroxylamine groups is 1. The van der Waals surface area contributed by atoms with Crippen molar-refractivity contribution in [2.75, 3.05) is 5.73 Å². The number of hydrogen-bond acceptors (Lipinski definition) is 9. The van der Waals surface area contributed by atoms with Gasteiger partial charge in [0.25, 0.3) is 0 Å². The first-order chi connectivity index (χ1) is 9.36. The Labute approximate surface area is 110 Å². The summed E-state index contributed by atoms with van der Waals surface area (Å²) < 4.78 is 5.68. The lowest BCUT2D eigenvalue weighted by atomic mass is 10.2. The predicted molar refractivity (Wildman–Crippen MR) is 60.7 cm³/mol. The molecule has 2 rings (SSSR count). The molecule has 0 amide bonds. The number of aromatic nitrogens is 2. The van der Waals surface area contributed by atoms with Crippen LogP contribution in [-0.4, -0.2) is 54.5 Å². The Hall–Kier alpha value is -2.05. The molecule has 0 bridgehead atoms. The highest BCUT2D eigenvalue weighted by Crippen LogP contribution is 2.27. The molecule has 1 aromatic rings. The zero-order valence-electron chi connectivity index (χ0n) is 9.87. The molecule has 0 aromatic carbocycles. The van der Waals surface area contributed by atoms with Crippen LogP contribution >= 0.6 is 0 Å². The minimum atomic E-state index is -1.58. The lowest BCUT2D eigenvalue weighted by Crippen LogP contribution is -2.39. The summed E-state index contributed by atoms with van der Waals surface area (Å²) in [7, 11) is 0. The Kier molecular flexibility index (Phi) is 3.69. The number of aliphatic hydroxyl groups is 2. The molecule has 4 atom stereocenters. The van der Waals surface area contributed by atoms with Crippen molar-refractivity contribution in [1.82, 2.24) is 15.0 Å². The minimum Gasteiger partial charge on any atom is -0.478 e. The first kappa shape index (κ1) is 14.4. The molecule has 20 heavy (non-hydrogen) atoms. The summed E-state index contributed by atoms with van der Waals surface area (Å²) in [5.74, 6) is -1.91. The molecule has 2 heterocycles. The summed E-state index contributed by atoms with van der Waals surface area (Å²) >= 11 is 0. The highest BCUT2D eigenvalue weighted by molar-refractivity contribution is 5.92. The van der Waals surface area contributed by atoms with Gasteiger partial charge in [-0.25, -0.2) is 9.59 Å². The molecule has 0 unspecified atom stereocenters. The Bertz CT molecular complexity index is 588. The van der Waals surface area contributed by atoms with Crippen molar-refractivity contribution in [2.45, 2.75) is 24.7 Å². The maximum atomic E-state index is 11.7. The SMILES string of the molecule is Nc1nc(=O)n([C@@H]2O[C@H](NO)[C@@H](O)[C@H]2O)cc1C(=O)O. The monoisotopic (exact) mass is 288 g/mol. The number of nitrogens with one attached hydrogen (secondary N) is 1. The van der Waals surface area contributed by atoms with Crippen LogP contribution in [0.3, 0.4) is 0 Å². The molecule has 1 aliphatic heterocycles. The van der Waals surface area contributed by atoms with Crippen LogP contribution in [-0.2, 0) is 4.74 Å². The van der Waals surface area contributed by atoms with Gasteiger partial charge in [0.2, 0.25) is 0 Å². The third-order valence-electron chi connectivity index (χ3n) is 2.85. The van der Waals surface area contributed by atoms with Gasteiger partial charge in [0.15, 0.2) is 12.5 Å². The Morgan fingerprint density at radius 3 is 2.60 bits per heavy atom. The second kappa shape index (κ2) is 5.15. The number of nitrogens with zero attached hydrogens (tertiary/aromatic N) is 2. The maximum Gasteiger partial charge on any atom is 0.351 e. The van der Waals surface area contributed by atoms with E-state index in [2.05, 4.69) is 4.98 Å². The van der Waals surface area contributed by atoms with Gasteiger partial charge in [-0.1, -0.05) is 0 Å². The maximum absolute atomic E-state index is 11.7.